The zero-order valence-corrected chi connectivity index (χ0v) is 14.3. The fourth-order valence-corrected chi connectivity index (χ4v) is 4.58. The van der Waals surface area contributed by atoms with Gasteiger partial charge in [0.2, 0.25) is 5.91 Å². The number of hydrogen-bond donors (Lipinski definition) is 1. The van der Waals surface area contributed by atoms with Crippen molar-refractivity contribution in [1.82, 2.24) is 5.32 Å². The first kappa shape index (κ1) is 16.7. The second-order valence-corrected chi connectivity index (χ2v) is 8.20. The highest BCUT2D eigenvalue weighted by molar-refractivity contribution is 7.91. The van der Waals surface area contributed by atoms with Crippen LogP contribution in [0, 0.1) is 0 Å². The molecule has 4 nitrogen and oxygen atoms in total. The molecule has 1 heterocycles. The Morgan fingerprint density at radius 1 is 1.04 bits per heavy atom. The van der Waals surface area contributed by atoms with Gasteiger partial charge in [0.25, 0.3) is 0 Å². The van der Waals surface area contributed by atoms with Crippen LogP contribution in [-0.4, -0.2) is 20.1 Å². The van der Waals surface area contributed by atoms with E-state index >= 15 is 0 Å². The number of benzene rings is 2. The van der Waals surface area contributed by atoms with Crippen LogP contribution in [0.25, 0.3) is 0 Å². The van der Waals surface area contributed by atoms with Crippen LogP contribution in [0.1, 0.15) is 29.5 Å². The summed E-state index contributed by atoms with van der Waals surface area (Å²) in [6.45, 7) is 0.431. The van der Waals surface area contributed by atoms with Crippen molar-refractivity contribution in [2.75, 3.05) is 5.75 Å². The van der Waals surface area contributed by atoms with E-state index < -0.39 is 9.84 Å². The molecule has 0 saturated carbocycles. The third kappa shape index (κ3) is 4.03. The normalized spacial score (nSPS) is 15.5. The van der Waals surface area contributed by atoms with Gasteiger partial charge in [-0.3, -0.25) is 4.79 Å². The molecule has 0 radical (unpaired) electrons. The van der Waals surface area contributed by atoms with Gasteiger partial charge in [-0.2, -0.15) is 0 Å². The highest BCUT2D eigenvalue weighted by Gasteiger charge is 2.23. The molecule has 1 N–H and O–H groups in total. The van der Waals surface area contributed by atoms with Gasteiger partial charge in [-0.1, -0.05) is 42.5 Å². The lowest BCUT2D eigenvalue weighted by molar-refractivity contribution is -0.121. The minimum Gasteiger partial charge on any atom is -0.352 e. The van der Waals surface area contributed by atoms with Gasteiger partial charge in [0.05, 0.1) is 10.6 Å². The summed E-state index contributed by atoms with van der Waals surface area (Å²) in [4.78, 5) is 12.4. The Kier molecular flexibility index (Phi) is 5.00. The Morgan fingerprint density at radius 2 is 1.83 bits per heavy atom. The number of rotatable bonds is 5. The van der Waals surface area contributed by atoms with Crippen molar-refractivity contribution >= 4 is 15.7 Å². The maximum Gasteiger partial charge on any atom is 0.220 e. The molecule has 2 aromatic carbocycles. The smallest absolute Gasteiger partial charge is 0.220 e. The van der Waals surface area contributed by atoms with Gasteiger partial charge in [0.15, 0.2) is 9.84 Å². The first-order valence-corrected chi connectivity index (χ1v) is 9.85. The highest BCUT2D eigenvalue weighted by atomic mass is 32.2. The fraction of sp³-hybridized carbons (Fsp3) is 0.316. The van der Waals surface area contributed by atoms with Gasteiger partial charge >= 0.3 is 0 Å². The zero-order chi connectivity index (χ0) is 17.0. The molecule has 0 spiro atoms. The van der Waals surface area contributed by atoms with Crippen molar-refractivity contribution in [3.63, 3.8) is 0 Å². The molecule has 3 rings (SSSR count). The number of sulfone groups is 1. The fourth-order valence-electron chi connectivity index (χ4n) is 3.00. The van der Waals surface area contributed by atoms with E-state index in [1.165, 1.54) is 0 Å². The average molecular weight is 343 g/mol. The van der Waals surface area contributed by atoms with E-state index in [0.717, 1.165) is 29.5 Å². The predicted octanol–water partition coefficient (Wildman–Crippen LogP) is 2.66. The number of aryl methyl sites for hydroxylation is 2. The summed E-state index contributed by atoms with van der Waals surface area (Å²) in [5.41, 5.74) is 2.96. The van der Waals surface area contributed by atoms with E-state index in [0.29, 0.717) is 24.3 Å². The lowest BCUT2D eigenvalue weighted by Crippen LogP contribution is -2.23. The summed E-state index contributed by atoms with van der Waals surface area (Å²) in [5, 5.41) is 2.91. The van der Waals surface area contributed by atoms with Gasteiger partial charge < -0.3 is 5.32 Å². The molecular weight excluding hydrogens is 322 g/mol. The molecule has 0 atom stereocenters. The van der Waals surface area contributed by atoms with Gasteiger partial charge in [0.1, 0.15) is 0 Å². The van der Waals surface area contributed by atoms with Crippen LogP contribution >= 0.6 is 0 Å². The number of hydrogen-bond acceptors (Lipinski definition) is 3. The number of nitrogens with one attached hydrogen (secondary N) is 1. The largest absolute Gasteiger partial charge is 0.352 e. The van der Waals surface area contributed by atoms with E-state index in [-0.39, 0.29) is 11.7 Å². The molecule has 0 bridgehead atoms. The van der Waals surface area contributed by atoms with Gasteiger partial charge in [-0.05, 0) is 42.0 Å². The molecule has 126 valence electrons. The molecule has 1 amide bonds. The molecule has 2 aromatic rings. The second kappa shape index (κ2) is 7.18. The third-order valence-electron chi connectivity index (χ3n) is 4.29. The predicted molar refractivity (Wildman–Crippen MR) is 93.4 cm³/mol. The molecule has 0 aliphatic carbocycles. The van der Waals surface area contributed by atoms with Gasteiger partial charge in [-0.25, -0.2) is 8.42 Å². The van der Waals surface area contributed by atoms with Crippen molar-refractivity contribution in [2.45, 2.75) is 37.1 Å². The summed E-state index contributed by atoms with van der Waals surface area (Å²) < 4.78 is 24.0. The summed E-state index contributed by atoms with van der Waals surface area (Å²) in [6, 6.07) is 15.3. The van der Waals surface area contributed by atoms with Gasteiger partial charge in [-0.15, -0.1) is 0 Å². The number of amides is 1. The quantitative estimate of drug-likeness (QED) is 0.908. The van der Waals surface area contributed by atoms with Gasteiger partial charge in [0, 0.05) is 13.0 Å². The maximum atomic E-state index is 12.0. The minimum absolute atomic E-state index is 0.00388. The molecule has 0 aromatic heterocycles. The lowest BCUT2D eigenvalue weighted by atomic mass is 10.1. The lowest BCUT2D eigenvalue weighted by Gasteiger charge is -2.17. The average Bonchev–Trinajstić information content (AvgIpc) is 2.58. The molecule has 1 aliphatic heterocycles. The van der Waals surface area contributed by atoms with Crippen LogP contribution < -0.4 is 5.32 Å². The minimum atomic E-state index is -3.12. The Hall–Kier alpha value is -2.14. The van der Waals surface area contributed by atoms with Crippen LogP contribution in [0.3, 0.4) is 0 Å². The van der Waals surface area contributed by atoms with E-state index in [2.05, 4.69) is 5.32 Å². The summed E-state index contributed by atoms with van der Waals surface area (Å²) in [5.74, 6) is 0.236. The monoisotopic (exact) mass is 343 g/mol. The van der Waals surface area contributed by atoms with Crippen LogP contribution in [-0.2, 0) is 34.0 Å². The van der Waals surface area contributed by atoms with Crippen LogP contribution in [0.2, 0.25) is 0 Å². The zero-order valence-electron chi connectivity index (χ0n) is 13.5. The number of carbonyl (C=O) groups is 1. The molecular formula is C19H21NO3S. The molecule has 0 fully saturated rings. The topological polar surface area (TPSA) is 63.2 Å². The number of fused-ring (bicyclic) bond motifs is 1. The summed E-state index contributed by atoms with van der Waals surface area (Å²) >= 11 is 0. The molecule has 1 aliphatic rings. The number of carbonyl (C=O) groups excluding carboxylic acids is 1. The Labute approximate surface area is 142 Å². The standard InChI is InChI=1S/C19H21NO3S/c21-19(11-9-15-5-2-1-3-6-15)20-14-16-8-10-18-17(13-16)7-4-12-24(18,22)23/h1-3,5-6,8,10,13H,4,7,9,11-12,14H2,(H,20,21). The second-order valence-electron chi connectivity index (χ2n) is 6.13. The van der Waals surface area contributed by atoms with Crippen molar-refractivity contribution in [3.8, 4) is 0 Å². The third-order valence-corrected chi connectivity index (χ3v) is 6.19. The Morgan fingerprint density at radius 3 is 2.62 bits per heavy atom. The van der Waals surface area contributed by atoms with Crippen LogP contribution in [0.5, 0.6) is 0 Å². The molecule has 0 unspecified atom stereocenters. The SMILES string of the molecule is O=C(CCc1ccccc1)NCc1ccc2c(c1)CCCS2(=O)=O. The molecule has 0 saturated heterocycles. The first-order chi connectivity index (χ1) is 11.5. The van der Waals surface area contributed by atoms with Crippen molar-refractivity contribution < 1.29 is 13.2 Å². The van der Waals surface area contributed by atoms with Crippen molar-refractivity contribution in [2.24, 2.45) is 0 Å². The Balaban J connectivity index is 1.56. The van der Waals surface area contributed by atoms with E-state index in [1.54, 1.807) is 12.1 Å². The van der Waals surface area contributed by atoms with E-state index in [4.69, 9.17) is 0 Å². The summed E-state index contributed by atoms with van der Waals surface area (Å²) in [7, 11) is -3.12. The molecule has 5 heteroatoms. The van der Waals surface area contributed by atoms with Crippen molar-refractivity contribution in [3.05, 3.63) is 65.2 Å². The summed E-state index contributed by atoms with van der Waals surface area (Å²) in [6.07, 6.45) is 2.62. The highest BCUT2D eigenvalue weighted by Crippen LogP contribution is 2.25. The maximum absolute atomic E-state index is 12.0. The Bertz CT molecular complexity index is 829. The van der Waals surface area contributed by atoms with E-state index in [9.17, 15) is 13.2 Å². The van der Waals surface area contributed by atoms with Crippen LogP contribution in [0.4, 0.5) is 0 Å². The van der Waals surface area contributed by atoms with Crippen molar-refractivity contribution in [1.29, 1.82) is 0 Å². The first-order valence-electron chi connectivity index (χ1n) is 8.20. The molecule has 24 heavy (non-hydrogen) atoms. The van der Waals surface area contributed by atoms with Crippen LogP contribution in [0.15, 0.2) is 53.4 Å². The van der Waals surface area contributed by atoms with E-state index in [1.807, 2.05) is 36.4 Å².